The molecular weight excluding hydrogens is 544 g/mol. The highest BCUT2D eigenvalue weighted by Gasteiger charge is 2.48. The molecule has 5 nitrogen and oxygen atoms in total. The van der Waals surface area contributed by atoms with E-state index in [2.05, 4.69) is 130 Å². The van der Waals surface area contributed by atoms with Crippen LogP contribution in [0, 0.1) is 5.41 Å². The summed E-state index contributed by atoms with van der Waals surface area (Å²) in [7, 11) is 0. The molecule has 3 aliphatic rings. The van der Waals surface area contributed by atoms with E-state index in [1.165, 1.54) is 40.8 Å². The lowest BCUT2D eigenvalue weighted by Crippen LogP contribution is -2.41. The Balaban J connectivity index is 1.60. The number of para-hydroxylation sites is 2. The number of Topliss-reactive ketones (excluding diaryl/α,β-unsaturated/α-hetero) is 1. The number of hydrogen-bond acceptors (Lipinski definition) is 4. The van der Waals surface area contributed by atoms with E-state index in [1.807, 2.05) is 0 Å². The van der Waals surface area contributed by atoms with E-state index in [0.29, 0.717) is 12.8 Å². The quantitative estimate of drug-likeness (QED) is 0.177. The third kappa shape index (κ3) is 5.10. The van der Waals surface area contributed by atoms with Gasteiger partial charge in [-0.15, -0.1) is 0 Å². The average Bonchev–Trinajstić information content (AvgIpc) is 3.36. The van der Waals surface area contributed by atoms with E-state index in [-0.39, 0.29) is 23.2 Å². The van der Waals surface area contributed by atoms with Gasteiger partial charge in [0.25, 0.3) is 0 Å². The van der Waals surface area contributed by atoms with Gasteiger partial charge in [0.15, 0.2) is 5.71 Å². The number of esters is 1. The molecule has 5 rings (SSSR count). The van der Waals surface area contributed by atoms with Crippen molar-refractivity contribution in [2.45, 2.75) is 79.1 Å². The van der Waals surface area contributed by atoms with E-state index in [0.717, 1.165) is 24.2 Å². The van der Waals surface area contributed by atoms with Gasteiger partial charge in [-0.1, -0.05) is 68.5 Å². The first-order chi connectivity index (χ1) is 20.9. The number of hydrogen-bond donors (Lipinski definition) is 0. The minimum absolute atomic E-state index is 0.159. The fraction of sp³-hybridized carbons (Fsp3) is 0.410. The third-order valence-electron chi connectivity index (χ3n) is 9.86. The lowest BCUT2D eigenvalue weighted by atomic mass is 9.69. The Hall–Kier alpha value is -3.99. The fourth-order valence-corrected chi connectivity index (χ4v) is 7.46. The van der Waals surface area contributed by atoms with E-state index in [4.69, 9.17) is 4.74 Å². The molecule has 1 unspecified atom stereocenters. The van der Waals surface area contributed by atoms with Crippen LogP contribution >= 0.6 is 0 Å². The first-order valence-electron chi connectivity index (χ1n) is 16.0. The Labute approximate surface area is 263 Å². The molecule has 0 amide bonds. The summed E-state index contributed by atoms with van der Waals surface area (Å²) in [5.74, 6) is -0.598. The second-order valence-electron chi connectivity index (χ2n) is 13.2. The van der Waals surface area contributed by atoms with Crippen LogP contribution < -0.4 is 4.90 Å². The van der Waals surface area contributed by atoms with Gasteiger partial charge in [0.1, 0.15) is 17.7 Å². The van der Waals surface area contributed by atoms with E-state index in [9.17, 15) is 9.59 Å². The maximum Gasteiger partial charge on any atom is 0.320 e. The molecule has 2 heterocycles. The van der Waals surface area contributed by atoms with Crippen LogP contribution in [0.15, 0.2) is 95.8 Å². The minimum Gasteiger partial charge on any atom is -0.465 e. The van der Waals surface area contributed by atoms with Gasteiger partial charge in [-0.2, -0.15) is 4.58 Å². The van der Waals surface area contributed by atoms with Gasteiger partial charge in [-0.25, -0.2) is 0 Å². The zero-order valence-electron chi connectivity index (χ0n) is 27.7. The molecule has 0 N–H and O–H groups in total. The van der Waals surface area contributed by atoms with Crippen molar-refractivity contribution in [1.29, 1.82) is 0 Å². The summed E-state index contributed by atoms with van der Waals surface area (Å²) in [6.45, 7) is 18.6. The molecule has 0 bridgehead atoms. The summed E-state index contributed by atoms with van der Waals surface area (Å²) in [4.78, 5) is 29.2. The molecule has 5 heteroatoms. The van der Waals surface area contributed by atoms with Crippen LogP contribution in [-0.4, -0.2) is 41.7 Å². The zero-order valence-corrected chi connectivity index (χ0v) is 27.7. The topological polar surface area (TPSA) is 49.6 Å². The van der Waals surface area contributed by atoms with Crippen molar-refractivity contribution >= 4 is 28.8 Å². The number of ketones is 1. The summed E-state index contributed by atoms with van der Waals surface area (Å²) in [6, 6.07) is 17.1. The molecule has 0 aromatic heterocycles. The number of fused-ring (bicyclic) bond motifs is 2. The number of carbonyl (C=O) groups is 2. The fourth-order valence-electron chi connectivity index (χ4n) is 7.46. The van der Waals surface area contributed by atoms with Crippen molar-refractivity contribution in [3.63, 3.8) is 0 Å². The Morgan fingerprint density at radius 2 is 1.57 bits per heavy atom. The summed E-state index contributed by atoms with van der Waals surface area (Å²) >= 11 is 0. The van der Waals surface area contributed by atoms with Gasteiger partial charge in [0.2, 0.25) is 5.69 Å². The van der Waals surface area contributed by atoms with Gasteiger partial charge in [0.05, 0.1) is 12.0 Å². The SMILES string of the molecule is CCOC(=O)C1(C(C)=O)CC(/C=C/C2=[N+](CC)c3ccccc3C2(C)C)=CC(=C/C=C2/N(CC)c3ccccc3C2(C)C)/C1. The lowest BCUT2D eigenvalue weighted by Gasteiger charge is -2.33. The van der Waals surface area contributed by atoms with Crippen LogP contribution in [0.25, 0.3) is 0 Å². The van der Waals surface area contributed by atoms with E-state index >= 15 is 0 Å². The summed E-state index contributed by atoms with van der Waals surface area (Å²) in [6.07, 6.45) is 11.4. The van der Waals surface area contributed by atoms with Crippen molar-refractivity contribution in [1.82, 2.24) is 0 Å². The largest absolute Gasteiger partial charge is 0.465 e. The number of anilines is 1. The molecule has 1 atom stereocenters. The highest BCUT2D eigenvalue weighted by Crippen LogP contribution is 2.48. The number of nitrogens with zero attached hydrogens (tertiary/aromatic N) is 2. The van der Waals surface area contributed by atoms with E-state index in [1.54, 1.807) is 6.92 Å². The summed E-state index contributed by atoms with van der Waals surface area (Å²) < 4.78 is 7.90. The number of carbonyl (C=O) groups excluding carboxylic acids is 2. The molecular formula is C39H47N2O3+. The first kappa shape index (κ1) is 31.4. The highest BCUT2D eigenvalue weighted by molar-refractivity contribution is 6.05. The number of likely N-dealkylation sites (N-methyl/N-ethyl adjacent to an activating group) is 1. The van der Waals surface area contributed by atoms with Gasteiger partial charge in [-0.3, -0.25) is 9.59 Å². The molecule has 0 radical (unpaired) electrons. The molecule has 0 saturated carbocycles. The molecule has 1 aliphatic carbocycles. The second-order valence-corrected chi connectivity index (χ2v) is 13.2. The van der Waals surface area contributed by atoms with Gasteiger partial charge in [0, 0.05) is 41.1 Å². The van der Waals surface area contributed by atoms with Crippen molar-refractivity contribution in [3.8, 4) is 0 Å². The highest BCUT2D eigenvalue weighted by atomic mass is 16.5. The van der Waals surface area contributed by atoms with Gasteiger partial charge in [-0.05, 0) is 83.2 Å². The average molecular weight is 592 g/mol. The monoisotopic (exact) mass is 591 g/mol. The van der Waals surface area contributed by atoms with Crippen LogP contribution in [-0.2, 0) is 25.2 Å². The molecule has 0 spiro atoms. The Bertz CT molecular complexity index is 1650. The lowest BCUT2D eigenvalue weighted by molar-refractivity contribution is -0.433. The van der Waals surface area contributed by atoms with Crippen molar-refractivity contribution < 1.29 is 18.9 Å². The third-order valence-corrected chi connectivity index (χ3v) is 9.86. The molecule has 230 valence electrons. The molecule has 44 heavy (non-hydrogen) atoms. The number of ether oxygens (including phenoxy) is 1. The minimum atomic E-state index is -1.25. The number of rotatable bonds is 8. The molecule has 2 aromatic rings. The van der Waals surface area contributed by atoms with Crippen LogP contribution in [0.2, 0.25) is 0 Å². The Morgan fingerprint density at radius 3 is 2.23 bits per heavy atom. The first-order valence-corrected chi connectivity index (χ1v) is 16.0. The zero-order chi connectivity index (χ0) is 31.9. The number of allylic oxidation sites excluding steroid dienone is 8. The normalized spacial score (nSPS) is 23.7. The standard InChI is InChI=1S/C39H47N2O3/c1-9-40-32-18-14-12-16-30(32)37(5,6)34(40)22-20-28-24-29(26-39(25-28,27(4)42)36(43)44-11-3)21-23-35-38(7,8)31-17-13-15-19-33(31)41(35)10-2/h12-24H,9-11,25-26H2,1-8H3/q+1. The van der Waals surface area contributed by atoms with Crippen molar-refractivity contribution in [2.24, 2.45) is 5.41 Å². The van der Waals surface area contributed by atoms with E-state index < -0.39 is 11.4 Å². The van der Waals surface area contributed by atoms with Crippen LogP contribution in [0.4, 0.5) is 11.4 Å². The van der Waals surface area contributed by atoms with Crippen LogP contribution in [0.3, 0.4) is 0 Å². The number of benzene rings is 2. The molecule has 0 saturated heterocycles. The predicted octanol–water partition coefficient (Wildman–Crippen LogP) is 8.13. The predicted molar refractivity (Wildman–Crippen MR) is 180 cm³/mol. The smallest absolute Gasteiger partial charge is 0.320 e. The second kappa shape index (κ2) is 11.8. The molecule has 2 aromatic carbocycles. The Kier molecular flexibility index (Phi) is 8.45. The maximum absolute atomic E-state index is 13.5. The maximum atomic E-state index is 13.5. The van der Waals surface area contributed by atoms with Crippen LogP contribution in [0.5, 0.6) is 0 Å². The molecule has 0 fully saturated rings. The van der Waals surface area contributed by atoms with Gasteiger partial charge >= 0.3 is 5.97 Å². The van der Waals surface area contributed by atoms with Crippen molar-refractivity contribution in [2.75, 3.05) is 24.6 Å². The van der Waals surface area contributed by atoms with Crippen LogP contribution in [0.1, 0.15) is 79.4 Å². The summed E-state index contributed by atoms with van der Waals surface area (Å²) in [5, 5.41) is 0. The molecule has 2 aliphatic heterocycles. The van der Waals surface area contributed by atoms with Gasteiger partial charge < -0.3 is 9.64 Å². The van der Waals surface area contributed by atoms with Crippen molar-refractivity contribution in [3.05, 3.63) is 107 Å². The summed E-state index contributed by atoms with van der Waals surface area (Å²) in [5.41, 5.74) is 7.76. The Morgan fingerprint density at radius 1 is 0.886 bits per heavy atom.